The van der Waals surface area contributed by atoms with Gasteiger partial charge in [0, 0.05) is 16.9 Å². The Balaban J connectivity index is 1.59. The van der Waals surface area contributed by atoms with Crippen LogP contribution < -0.4 is 10.6 Å². The van der Waals surface area contributed by atoms with Crippen molar-refractivity contribution in [3.8, 4) is 0 Å². The molecule has 0 aliphatic heterocycles. The van der Waals surface area contributed by atoms with E-state index < -0.39 is 0 Å². The van der Waals surface area contributed by atoms with Gasteiger partial charge in [-0.1, -0.05) is 17.7 Å². The van der Waals surface area contributed by atoms with Crippen molar-refractivity contribution in [2.75, 3.05) is 10.6 Å². The zero-order valence-electron chi connectivity index (χ0n) is 12.6. The van der Waals surface area contributed by atoms with E-state index in [4.69, 9.17) is 11.6 Å². The lowest BCUT2D eigenvalue weighted by molar-refractivity contribution is 0.102. The lowest BCUT2D eigenvalue weighted by atomic mass is 10.3. The molecule has 0 unspecified atom stereocenters. The van der Waals surface area contributed by atoms with Crippen LogP contribution in [-0.4, -0.2) is 21.1 Å². The van der Waals surface area contributed by atoms with Crippen molar-refractivity contribution in [3.63, 3.8) is 0 Å². The lowest BCUT2D eigenvalue weighted by Gasteiger charge is -2.06. The second-order valence-corrected chi connectivity index (χ2v) is 5.38. The van der Waals surface area contributed by atoms with Crippen molar-refractivity contribution in [3.05, 3.63) is 77.2 Å². The Kier molecular flexibility index (Phi) is 4.98. The van der Waals surface area contributed by atoms with Gasteiger partial charge >= 0.3 is 0 Å². The number of carbonyl (C=O) groups is 1. The monoisotopic (exact) mass is 339 g/mol. The molecule has 2 heterocycles. The van der Waals surface area contributed by atoms with Crippen molar-refractivity contribution in [2.45, 2.75) is 6.54 Å². The number of pyridine rings is 1. The molecule has 0 saturated heterocycles. The van der Waals surface area contributed by atoms with E-state index in [-0.39, 0.29) is 11.6 Å². The van der Waals surface area contributed by atoms with Crippen LogP contribution in [0.25, 0.3) is 0 Å². The first-order valence-electron chi connectivity index (χ1n) is 7.25. The van der Waals surface area contributed by atoms with Crippen molar-refractivity contribution < 1.29 is 4.79 Å². The van der Waals surface area contributed by atoms with Gasteiger partial charge in [0.05, 0.1) is 12.2 Å². The summed E-state index contributed by atoms with van der Waals surface area (Å²) in [6, 6.07) is 15.8. The molecule has 0 radical (unpaired) electrons. The molecule has 3 rings (SSSR count). The van der Waals surface area contributed by atoms with E-state index in [2.05, 4.69) is 25.8 Å². The zero-order chi connectivity index (χ0) is 16.8. The lowest BCUT2D eigenvalue weighted by Crippen LogP contribution is -2.14. The quantitative estimate of drug-likeness (QED) is 0.744. The van der Waals surface area contributed by atoms with Gasteiger partial charge in [-0.2, -0.15) is 0 Å². The molecule has 0 spiro atoms. The van der Waals surface area contributed by atoms with Gasteiger partial charge in [-0.3, -0.25) is 9.78 Å². The predicted octanol–water partition coefficient (Wildman–Crippen LogP) is 3.39. The topological polar surface area (TPSA) is 79.8 Å². The van der Waals surface area contributed by atoms with E-state index in [1.807, 2.05) is 18.2 Å². The van der Waals surface area contributed by atoms with Gasteiger partial charge in [-0.25, -0.2) is 0 Å². The van der Waals surface area contributed by atoms with E-state index in [9.17, 15) is 4.79 Å². The number of aromatic nitrogens is 3. The van der Waals surface area contributed by atoms with Crippen molar-refractivity contribution in [1.29, 1.82) is 0 Å². The summed E-state index contributed by atoms with van der Waals surface area (Å²) < 4.78 is 0. The fourth-order valence-electron chi connectivity index (χ4n) is 1.96. The number of halogens is 1. The maximum atomic E-state index is 12.1. The summed E-state index contributed by atoms with van der Waals surface area (Å²) in [5, 5.41) is 14.4. The molecule has 0 bridgehead atoms. The number of hydrogen-bond acceptors (Lipinski definition) is 5. The van der Waals surface area contributed by atoms with Crippen molar-refractivity contribution >= 4 is 29.0 Å². The van der Waals surface area contributed by atoms with Gasteiger partial charge in [-0.15, -0.1) is 10.2 Å². The van der Waals surface area contributed by atoms with Gasteiger partial charge in [0.1, 0.15) is 5.82 Å². The number of anilines is 2. The largest absolute Gasteiger partial charge is 0.363 e. The highest BCUT2D eigenvalue weighted by Gasteiger charge is 2.08. The molecule has 7 heteroatoms. The van der Waals surface area contributed by atoms with Crippen LogP contribution in [0, 0.1) is 0 Å². The molecule has 1 aromatic carbocycles. The first kappa shape index (κ1) is 15.9. The summed E-state index contributed by atoms with van der Waals surface area (Å²) in [6.07, 6.45) is 1.73. The summed E-state index contributed by atoms with van der Waals surface area (Å²) in [4.78, 5) is 16.3. The highest BCUT2D eigenvalue weighted by atomic mass is 35.5. The fraction of sp³-hybridized carbons (Fsp3) is 0.0588. The van der Waals surface area contributed by atoms with E-state index in [0.29, 0.717) is 23.1 Å². The van der Waals surface area contributed by atoms with Crippen LogP contribution in [0.2, 0.25) is 5.02 Å². The normalized spacial score (nSPS) is 10.2. The van der Waals surface area contributed by atoms with Crippen LogP contribution in [-0.2, 0) is 6.54 Å². The summed E-state index contributed by atoms with van der Waals surface area (Å²) in [6.45, 7) is 0.534. The molecular weight excluding hydrogens is 326 g/mol. The molecule has 0 aliphatic carbocycles. The highest BCUT2D eigenvalue weighted by molar-refractivity contribution is 6.30. The van der Waals surface area contributed by atoms with Crippen molar-refractivity contribution in [1.82, 2.24) is 15.2 Å². The SMILES string of the molecule is O=C(Nc1ccc(Cl)cc1)c1ccc(NCc2ccccn2)nn1. The average molecular weight is 340 g/mol. The number of hydrogen-bond donors (Lipinski definition) is 2. The van der Waals surface area contributed by atoms with E-state index >= 15 is 0 Å². The third kappa shape index (κ3) is 4.27. The Morgan fingerprint density at radius 2 is 1.83 bits per heavy atom. The number of carbonyl (C=O) groups excluding carboxylic acids is 1. The molecule has 0 atom stereocenters. The highest BCUT2D eigenvalue weighted by Crippen LogP contribution is 2.14. The van der Waals surface area contributed by atoms with Crippen LogP contribution in [0.3, 0.4) is 0 Å². The molecule has 2 N–H and O–H groups in total. The summed E-state index contributed by atoms with van der Waals surface area (Å²) in [7, 11) is 0. The average Bonchev–Trinajstić information content (AvgIpc) is 2.63. The maximum Gasteiger partial charge on any atom is 0.276 e. The minimum absolute atomic E-state index is 0.230. The summed E-state index contributed by atoms with van der Waals surface area (Å²) in [5.74, 6) is 0.241. The smallest absolute Gasteiger partial charge is 0.276 e. The van der Waals surface area contributed by atoms with Gasteiger partial charge < -0.3 is 10.6 Å². The minimum Gasteiger partial charge on any atom is -0.363 e. The van der Waals surface area contributed by atoms with Gasteiger partial charge in [0.15, 0.2) is 5.69 Å². The van der Waals surface area contributed by atoms with Gasteiger partial charge in [-0.05, 0) is 48.5 Å². The number of nitrogens with one attached hydrogen (secondary N) is 2. The molecule has 120 valence electrons. The number of rotatable bonds is 5. The standard InChI is InChI=1S/C17H14ClN5O/c18-12-4-6-13(7-5-12)21-17(24)15-8-9-16(23-22-15)20-11-14-3-1-2-10-19-14/h1-10H,11H2,(H,20,23)(H,21,24). The zero-order valence-corrected chi connectivity index (χ0v) is 13.4. The number of benzene rings is 1. The molecule has 6 nitrogen and oxygen atoms in total. The molecule has 24 heavy (non-hydrogen) atoms. The summed E-state index contributed by atoms with van der Waals surface area (Å²) in [5.41, 5.74) is 1.76. The molecule has 0 fully saturated rings. The van der Waals surface area contributed by atoms with Crippen LogP contribution in [0.4, 0.5) is 11.5 Å². The van der Waals surface area contributed by atoms with E-state index in [0.717, 1.165) is 5.69 Å². The Labute approximate surface area is 143 Å². The molecule has 0 aliphatic rings. The molecular formula is C17H14ClN5O. The first-order valence-corrected chi connectivity index (χ1v) is 7.63. The molecule has 3 aromatic rings. The summed E-state index contributed by atoms with van der Waals surface area (Å²) >= 11 is 5.81. The first-order chi connectivity index (χ1) is 11.7. The Hall–Kier alpha value is -2.99. The Bertz CT molecular complexity index is 807. The number of amides is 1. The molecule has 1 amide bonds. The van der Waals surface area contributed by atoms with Gasteiger partial charge in [0.2, 0.25) is 0 Å². The second-order valence-electron chi connectivity index (χ2n) is 4.94. The van der Waals surface area contributed by atoms with Gasteiger partial charge in [0.25, 0.3) is 5.91 Å². The molecule has 2 aromatic heterocycles. The van der Waals surface area contributed by atoms with E-state index in [1.54, 1.807) is 42.6 Å². The van der Waals surface area contributed by atoms with Crippen LogP contribution in [0.5, 0.6) is 0 Å². The minimum atomic E-state index is -0.332. The third-order valence-corrected chi connectivity index (χ3v) is 3.43. The van der Waals surface area contributed by atoms with Crippen LogP contribution >= 0.6 is 11.6 Å². The third-order valence-electron chi connectivity index (χ3n) is 3.18. The maximum absolute atomic E-state index is 12.1. The van der Waals surface area contributed by atoms with Crippen LogP contribution in [0.15, 0.2) is 60.8 Å². The van der Waals surface area contributed by atoms with Crippen LogP contribution in [0.1, 0.15) is 16.2 Å². The Morgan fingerprint density at radius 1 is 1.00 bits per heavy atom. The van der Waals surface area contributed by atoms with E-state index in [1.165, 1.54) is 0 Å². The Morgan fingerprint density at radius 3 is 2.50 bits per heavy atom. The second kappa shape index (κ2) is 7.52. The fourth-order valence-corrected chi connectivity index (χ4v) is 2.09. The molecule has 0 saturated carbocycles. The predicted molar refractivity (Wildman–Crippen MR) is 93.0 cm³/mol. The van der Waals surface area contributed by atoms with Crippen molar-refractivity contribution in [2.24, 2.45) is 0 Å². The number of nitrogens with zero attached hydrogens (tertiary/aromatic N) is 3.